The lowest BCUT2D eigenvalue weighted by Gasteiger charge is -2.12. The lowest BCUT2D eigenvalue weighted by molar-refractivity contribution is 0.469. The molecule has 0 saturated heterocycles. The second-order valence-corrected chi connectivity index (χ2v) is 4.35. The second-order valence-electron chi connectivity index (χ2n) is 4.35. The molecule has 2 aromatic rings. The van der Waals surface area contributed by atoms with Gasteiger partial charge in [0.25, 0.3) is 0 Å². The molecular weight excluding hydrogens is 222 g/mol. The third kappa shape index (κ3) is 4.18. The smallest absolute Gasteiger partial charge is 0.0560 e. The SMILES string of the molecule is C[C@@H](Cn1cccn1)NC/C=C/c1ccccc1. The summed E-state index contributed by atoms with van der Waals surface area (Å²) in [7, 11) is 0. The van der Waals surface area contributed by atoms with Crippen molar-refractivity contribution in [2.75, 3.05) is 6.54 Å². The van der Waals surface area contributed by atoms with Crippen LogP contribution in [0.4, 0.5) is 0 Å². The van der Waals surface area contributed by atoms with Crippen LogP contribution in [0.15, 0.2) is 54.9 Å². The largest absolute Gasteiger partial charge is 0.309 e. The van der Waals surface area contributed by atoms with E-state index in [0.717, 1.165) is 13.1 Å². The molecule has 0 saturated carbocycles. The first kappa shape index (κ1) is 12.6. The maximum Gasteiger partial charge on any atom is 0.0560 e. The monoisotopic (exact) mass is 241 g/mol. The zero-order valence-corrected chi connectivity index (χ0v) is 10.7. The predicted molar refractivity (Wildman–Crippen MR) is 75.2 cm³/mol. The summed E-state index contributed by atoms with van der Waals surface area (Å²) in [4.78, 5) is 0. The predicted octanol–water partition coefficient (Wildman–Crippen LogP) is 2.57. The molecular formula is C15H19N3. The first-order chi connectivity index (χ1) is 8.84. The average molecular weight is 241 g/mol. The minimum absolute atomic E-state index is 0.408. The quantitative estimate of drug-likeness (QED) is 0.842. The molecule has 0 fully saturated rings. The summed E-state index contributed by atoms with van der Waals surface area (Å²) in [6, 6.07) is 12.7. The van der Waals surface area contributed by atoms with E-state index < -0.39 is 0 Å². The van der Waals surface area contributed by atoms with Crippen LogP contribution < -0.4 is 5.32 Å². The molecule has 0 radical (unpaired) electrons. The van der Waals surface area contributed by atoms with Gasteiger partial charge in [-0.25, -0.2) is 0 Å². The van der Waals surface area contributed by atoms with Crippen molar-refractivity contribution in [1.29, 1.82) is 0 Å². The number of nitrogens with zero attached hydrogens (tertiary/aromatic N) is 2. The maximum atomic E-state index is 4.19. The molecule has 0 unspecified atom stereocenters. The second kappa shape index (κ2) is 6.77. The van der Waals surface area contributed by atoms with Gasteiger partial charge in [0.1, 0.15) is 0 Å². The molecule has 0 spiro atoms. The van der Waals surface area contributed by atoms with Gasteiger partial charge in [-0.3, -0.25) is 4.68 Å². The van der Waals surface area contributed by atoms with Crippen molar-refractivity contribution in [3.8, 4) is 0 Å². The highest BCUT2D eigenvalue weighted by Gasteiger charge is 2.00. The summed E-state index contributed by atoms with van der Waals surface area (Å²) in [5.74, 6) is 0. The molecule has 1 atom stereocenters. The summed E-state index contributed by atoms with van der Waals surface area (Å²) in [6.45, 7) is 3.93. The Morgan fingerprint density at radius 3 is 2.83 bits per heavy atom. The fraction of sp³-hybridized carbons (Fsp3) is 0.267. The van der Waals surface area contributed by atoms with Crippen LogP contribution in [0.2, 0.25) is 0 Å². The summed E-state index contributed by atoms with van der Waals surface area (Å²) in [6.07, 6.45) is 8.07. The zero-order chi connectivity index (χ0) is 12.6. The van der Waals surface area contributed by atoms with Crippen LogP contribution in [0.3, 0.4) is 0 Å². The molecule has 2 rings (SSSR count). The van der Waals surface area contributed by atoms with Crippen LogP contribution in [-0.4, -0.2) is 22.4 Å². The van der Waals surface area contributed by atoms with Crippen LogP contribution in [0.5, 0.6) is 0 Å². The number of nitrogens with one attached hydrogen (secondary N) is 1. The summed E-state index contributed by atoms with van der Waals surface area (Å²) < 4.78 is 1.94. The van der Waals surface area contributed by atoms with Gasteiger partial charge in [0.2, 0.25) is 0 Å². The van der Waals surface area contributed by atoms with Crippen molar-refractivity contribution in [3.05, 3.63) is 60.4 Å². The van der Waals surface area contributed by atoms with E-state index in [1.165, 1.54) is 5.56 Å². The van der Waals surface area contributed by atoms with Crippen LogP contribution in [-0.2, 0) is 6.54 Å². The standard InChI is InChI=1S/C15H19N3/c1-14(13-18-12-6-11-17-18)16-10-5-9-15-7-3-2-4-8-15/h2-9,11-12,14,16H,10,13H2,1H3/b9-5+/t14-/m0/s1. The van der Waals surface area contributed by atoms with E-state index in [4.69, 9.17) is 0 Å². The molecule has 3 nitrogen and oxygen atoms in total. The van der Waals surface area contributed by atoms with Crippen LogP contribution in [0, 0.1) is 0 Å². The van der Waals surface area contributed by atoms with Crippen LogP contribution >= 0.6 is 0 Å². The lowest BCUT2D eigenvalue weighted by Crippen LogP contribution is -2.30. The van der Waals surface area contributed by atoms with Crippen molar-refractivity contribution in [2.45, 2.75) is 19.5 Å². The van der Waals surface area contributed by atoms with Crippen LogP contribution in [0.1, 0.15) is 12.5 Å². The van der Waals surface area contributed by atoms with Crippen molar-refractivity contribution in [3.63, 3.8) is 0 Å². The Morgan fingerprint density at radius 1 is 1.28 bits per heavy atom. The first-order valence-corrected chi connectivity index (χ1v) is 6.27. The summed E-state index contributed by atoms with van der Waals surface area (Å²) >= 11 is 0. The molecule has 1 aromatic carbocycles. The normalized spacial score (nSPS) is 12.9. The van der Waals surface area contributed by atoms with Crippen molar-refractivity contribution in [2.24, 2.45) is 0 Å². The Labute approximate surface area is 108 Å². The van der Waals surface area contributed by atoms with Gasteiger partial charge in [0, 0.05) is 25.0 Å². The van der Waals surface area contributed by atoms with Gasteiger partial charge < -0.3 is 5.32 Å². The maximum absolute atomic E-state index is 4.19. The van der Waals surface area contributed by atoms with Gasteiger partial charge in [0.15, 0.2) is 0 Å². The van der Waals surface area contributed by atoms with Crippen molar-refractivity contribution < 1.29 is 0 Å². The van der Waals surface area contributed by atoms with Gasteiger partial charge >= 0.3 is 0 Å². The van der Waals surface area contributed by atoms with Gasteiger partial charge in [-0.1, -0.05) is 42.5 Å². The van der Waals surface area contributed by atoms with Gasteiger partial charge in [0.05, 0.1) is 6.54 Å². The molecule has 0 bridgehead atoms. The highest BCUT2D eigenvalue weighted by molar-refractivity contribution is 5.48. The average Bonchev–Trinajstić information content (AvgIpc) is 2.89. The van der Waals surface area contributed by atoms with E-state index >= 15 is 0 Å². The summed E-state index contributed by atoms with van der Waals surface area (Å²) in [5.41, 5.74) is 1.24. The van der Waals surface area contributed by atoms with E-state index in [9.17, 15) is 0 Å². The fourth-order valence-corrected chi connectivity index (χ4v) is 1.78. The van der Waals surface area contributed by atoms with Gasteiger partial charge in [-0.05, 0) is 18.6 Å². The summed E-state index contributed by atoms with van der Waals surface area (Å²) in [5, 5.41) is 7.63. The van der Waals surface area contributed by atoms with E-state index in [-0.39, 0.29) is 0 Å². The molecule has 1 N–H and O–H groups in total. The Kier molecular flexibility index (Phi) is 4.73. The lowest BCUT2D eigenvalue weighted by atomic mass is 10.2. The third-order valence-corrected chi connectivity index (χ3v) is 2.71. The Balaban J connectivity index is 1.70. The topological polar surface area (TPSA) is 29.9 Å². The molecule has 0 aliphatic heterocycles. The van der Waals surface area contributed by atoms with Crippen LogP contribution in [0.25, 0.3) is 6.08 Å². The molecule has 0 amide bonds. The minimum Gasteiger partial charge on any atom is -0.309 e. The van der Waals surface area contributed by atoms with E-state index in [2.05, 4.69) is 41.6 Å². The Hall–Kier alpha value is -1.87. The van der Waals surface area contributed by atoms with Crippen molar-refractivity contribution in [1.82, 2.24) is 15.1 Å². The van der Waals surface area contributed by atoms with Crippen molar-refractivity contribution >= 4 is 6.08 Å². The number of aromatic nitrogens is 2. The molecule has 3 heteroatoms. The minimum atomic E-state index is 0.408. The van der Waals surface area contributed by atoms with E-state index in [0.29, 0.717) is 6.04 Å². The highest BCUT2D eigenvalue weighted by atomic mass is 15.3. The number of rotatable bonds is 6. The zero-order valence-electron chi connectivity index (χ0n) is 10.7. The highest BCUT2D eigenvalue weighted by Crippen LogP contribution is 2.00. The fourth-order valence-electron chi connectivity index (χ4n) is 1.78. The van der Waals surface area contributed by atoms with Gasteiger partial charge in [-0.15, -0.1) is 0 Å². The molecule has 1 heterocycles. The molecule has 1 aromatic heterocycles. The molecule has 18 heavy (non-hydrogen) atoms. The third-order valence-electron chi connectivity index (χ3n) is 2.71. The van der Waals surface area contributed by atoms with Gasteiger partial charge in [-0.2, -0.15) is 5.10 Å². The number of hydrogen-bond acceptors (Lipinski definition) is 2. The molecule has 94 valence electrons. The Bertz CT molecular complexity index is 460. The molecule has 0 aliphatic rings. The van der Waals surface area contributed by atoms with E-state index in [1.54, 1.807) is 0 Å². The number of benzene rings is 1. The molecule has 0 aliphatic carbocycles. The Morgan fingerprint density at radius 2 is 2.11 bits per heavy atom. The van der Waals surface area contributed by atoms with E-state index in [1.807, 2.05) is 41.3 Å². The first-order valence-electron chi connectivity index (χ1n) is 6.27. The number of hydrogen-bond donors (Lipinski definition) is 1.